The molecule has 2 N–H and O–H groups in total. The highest BCUT2D eigenvalue weighted by atomic mass is 19.3. The number of hydrogen-bond donors (Lipinski definition) is 1. The monoisotopic (exact) mass is 455 g/mol. The molecule has 0 radical (unpaired) electrons. The van der Waals surface area contributed by atoms with Gasteiger partial charge in [-0.15, -0.1) is 0 Å². The van der Waals surface area contributed by atoms with Crippen molar-refractivity contribution < 1.29 is 32.6 Å². The minimum atomic E-state index is -3.02. The number of carbonyl (C=O) groups is 2. The zero-order valence-electron chi connectivity index (χ0n) is 17.6. The van der Waals surface area contributed by atoms with Crippen LogP contribution in [-0.4, -0.2) is 32.8 Å². The fourth-order valence-corrected chi connectivity index (χ4v) is 3.56. The first kappa shape index (κ1) is 23.3. The lowest BCUT2D eigenvalue weighted by Crippen LogP contribution is -2.40. The maximum atomic E-state index is 12.9. The van der Waals surface area contributed by atoms with Gasteiger partial charge in [0.15, 0.2) is 0 Å². The second-order valence-corrected chi connectivity index (χ2v) is 6.71. The summed E-state index contributed by atoms with van der Waals surface area (Å²) in [5.74, 6) is -3.05. The number of benzene rings is 2. The molecule has 0 fully saturated rings. The van der Waals surface area contributed by atoms with Crippen molar-refractivity contribution in [1.82, 2.24) is 0 Å². The minimum absolute atomic E-state index is 0.0119. The summed E-state index contributed by atoms with van der Waals surface area (Å²) in [6.07, 6.45) is 0. The number of esters is 2. The third kappa shape index (κ3) is 4.48. The second kappa shape index (κ2) is 9.82. The van der Waals surface area contributed by atoms with Gasteiger partial charge in [0, 0.05) is 5.69 Å². The molecule has 0 aliphatic carbocycles. The summed E-state index contributed by atoms with van der Waals surface area (Å²) in [6.45, 7) is -3.02. The van der Waals surface area contributed by atoms with E-state index in [1.165, 1.54) is 24.3 Å². The van der Waals surface area contributed by atoms with Gasteiger partial charge in [0.25, 0.3) is 0 Å². The Morgan fingerprint density at radius 3 is 2.15 bits per heavy atom. The molecule has 0 spiro atoms. The van der Waals surface area contributed by atoms with Gasteiger partial charge in [0.05, 0.1) is 37.4 Å². The summed E-state index contributed by atoms with van der Waals surface area (Å²) < 4.78 is 39.2. The SMILES string of the molecule is COC(=O)C1=C(C(=O)OC)N(c2ccc(OC(F)F)cc2)C(N)=C(C#N)C1c1ccccc1. The molecular formula is C23H19F2N3O5. The van der Waals surface area contributed by atoms with Crippen molar-refractivity contribution in [3.8, 4) is 11.8 Å². The molecule has 33 heavy (non-hydrogen) atoms. The zero-order valence-corrected chi connectivity index (χ0v) is 17.6. The Morgan fingerprint density at radius 2 is 1.64 bits per heavy atom. The summed E-state index contributed by atoms with van der Waals surface area (Å²) in [7, 11) is 2.26. The molecule has 1 aliphatic rings. The molecule has 1 unspecified atom stereocenters. The maximum absolute atomic E-state index is 12.9. The average molecular weight is 455 g/mol. The number of halogens is 2. The summed E-state index contributed by atoms with van der Waals surface area (Å²) in [5, 5.41) is 9.95. The molecule has 2 aromatic rings. The van der Waals surface area contributed by atoms with Gasteiger partial charge >= 0.3 is 18.6 Å². The van der Waals surface area contributed by atoms with Crippen LogP contribution in [-0.2, 0) is 19.1 Å². The van der Waals surface area contributed by atoms with Crippen LogP contribution in [0.3, 0.4) is 0 Å². The van der Waals surface area contributed by atoms with Crippen LogP contribution < -0.4 is 15.4 Å². The van der Waals surface area contributed by atoms with Crippen LogP contribution >= 0.6 is 0 Å². The number of rotatable bonds is 6. The first-order valence-corrected chi connectivity index (χ1v) is 9.54. The van der Waals surface area contributed by atoms with E-state index in [9.17, 15) is 23.6 Å². The van der Waals surface area contributed by atoms with E-state index in [0.29, 0.717) is 5.56 Å². The normalized spacial score (nSPS) is 15.9. The van der Waals surface area contributed by atoms with Crippen molar-refractivity contribution in [2.75, 3.05) is 19.1 Å². The van der Waals surface area contributed by atoms with E-state index in [4.69, 9.17) is 15.2 Å². The van der Waals surface area contributed by atoms with Crippen LogP contribution in [0.2, 0.25) is 0 Å². The first-order chi connectivity index (χ1) is 15.8. The fraction of sp³-hybridized carbons (Fsp3) is 0.174. The Bertz CT molecular complexity index is 1150. The van der Waals surface area contributed by atoms with Crippen LogP contribution in [0.1, 0.15) is 11.5 Å². The fourth-order valence-electron chi connectivity index (χ4n) is 3.56. The number of ether oxygens (including phenoxy) is 3. The summed E-state index contributed by atoms with van der Waals surface area (Å²) in [4.78, 5) is 27.0. The lowest BCUT2D eigenvalue weighted by atomic mass is 9.81. The Morgan fingerprint density at radius 1 is 1.03 bits per heavy atom. The van der Waals surface area contributed by atoms with E-state index in [2.05, 4.69) is 4.74 Å². The number of methoxy groups -OCH3 is 2. The number of nitrogens with two attached hydrogens (primary N) is 1. The summed E-state index contributed by atoms with van der Waals surface area (Å²) >= 11 is 0. The molecule has 3 rings (SSSR count). The predicted octanol–water partition coefficient (Wildman–Crippen LogP) is 3.19. The third-order valence-corrected chi connectivity index (χ3v) is 4.93. The molecule has 0 bridgehead atoms. The maximum Gasteiger partial charge on any atom is 0.387 e. The van der Waals surface area contributed by atoms with E-state index in [1.54, 1.807) is 30.3 Å². The molecule has 0 aromatic heterocycles. The summed E-state index contributed by atoms with van der Waals surface area (Å²) in [5.41, 5.74) is 6.63. The van der Waals surface area contributed by atoms with Crippen molar-refractivity contribution in [3.63, 3.8) is 0 Å². The smallest absolute Gasteiger partial charge is 0.387 e. The Labute approximate surface area is 188 Å². The molecule has 10 heteroatoms. The molecule has 0 saturated carbocycles. The Hall–Kier alpha value is -4.39. The average Bonchev–Trinajstić information content (AvgIpc) is 2.83. The van der Waals surface area contributed by atoms with Crippen LogP contribution in [0.15, 0.2) is 77.3 Å². The topological polar surface area (TPSA) is 115 Å². The van der Waals surface area contributed by atoms with E-state index in [-0.39, 0.29) is 34.1 Å². The van der Waals surface area contributed by atoms with Gasteiger partial charge in [0.1, 0.15) is 17.3 Å². The van der Waals surface area contributed by atoms with Gasteiger partial charge in [-0.05, 0) is 29.8 Å². The molecule has 0 saturated heterocycles. The van der Waals surface area contributed by atoms with Crippen LogP contribution in [0.5, 0.6) is 5.75 Å². The molecule has 1 atom stereocenters. The van der Waals surface area contributed by atoms with Crippen LogP contribution in [0.4, 0.5) is 14.5 Å². The minimum Gasteiger partial charge on any atom is -0.466 e. The highest BCUT2D eigenvalue weighted by molar-refractivity contribution is 6.06. The Balaban J connectivity index is 2.30. The largest absolute Gasteiger partial charge is 0.466 e. The highest BCUT2D eigenvalue weighted by Crippen LogP contribution is 2.43. The molecule has 1 aliphatic heterocycles. The molecule has 170 valence electrons. The molecule has 8 nitrogen and oxygen atoms in total. The quantitative estimate of drug-likeness (QED) is 0.661. The van der Waals surface area contributed by atoms with Crippen molar-refractivity contribution >= 4 is 17.6 Å². The summed E-state index contributed by atoms with van der Waals surface area (Å²) in [6, 6.07) is 15.7. The van der Waals surface area contributed by atoms with Crippen LogP contribution in [0.25, 0.3) is 0 Å². The van der Waals surface area contributed by atoms with Crippen molar-refractivity contribution in [1.29, 1.82) is 5.26 Å². The lowest BCUT2D eigenvalue weighted by molar-refractivity contribution is -0.139. The number of anilines is 1. The third-order valence-electron chi connectivity index (χ3n) is 4.93. The van der Waals surface area contributed by atoms with Gasteiger partial charge in [-0.3, -0.25) is 4.90 Å². The highest BCUT2D eigenvalue weighted by Gasteiger charge is 2.42. The number of carbonyl (C=O) groups excluding carboxylic acids is 2. The molecule has 2 aromatic carbocycles. The number of nitrogens with zero attached hydrogens (tertiary/aromatic N) is 2. The van der Waals surface area contributed by atoms with Crippen molar-refractivity contribution in [2.24, 2.45) is 5.73 Å². The molecule has 1 heterocycles. The molecular weight excluding hydrogens is 436 g/mol. The lowest BCUT2D eigenvalue weighted by Gasteiger charge is -2.35. The van der Waals surface area contributed by atoms with Gasteiger partial charge in [-0.1, -0.05) is 30.3 Å². The predicted molar refractivity (Wildman–Crippen MR) is 113 cm³/mol. The van der Waals surface area contributed by atoms with E-state index >= 15 is 0 Å². The van der Waals surface area contributed by atoms with Gasteiger partial charge in [0.2, 0.25) is 0 Å². The van der Waals surface area contributed by atoms with E-state index in [1.807, 2.05) is 6.07 Å². The first-order valence-electron chi connectivity index (χ1n) is 9.54. The van der Waals surface area contributed by atoms with Gasteiger partial charge in [-0.2, -0.15) is 14.0 Å². The number of alkyl halides is 2. The van der Waals surface area contributed by atoms with Crippen LogP contribution in [0, 0.1) is 11.3 Å². The van der Waals surface area contributed by atoms with Crippen molar-refractivity contribution in [3.05, 3.63) is 82.8 Å². The Kier molecular flexibility index (Phi) is 6.93. The molecule has 0 amide bonds. The number of allylic oxidation sites excluding steroid dienone is 1. The van der Waals surface area contributed by atoms with Gasteiger partial charge in [-0.25, -0.2) is 9.59 Å². The van der Waals surface area contributed by atoms with Crippen molar-refractivity contribution in [2.45, 2.75) is 12.5 Å². The van der Waals surface area contributed by atoms with E-state index < -0.39 is 24.5 Å². The van der Waals surface area contributed by atoms with E-state index in [0.717, 1.165) is 19.1 Å². The standard InChI is InChI=1S/C23H19F2N3O5/c1-31-21(29)18-17(13-6-4-3-5-7-13)16(12-26)20(27)28(19(18)22(30)32-2)14-8-10-15(11-9-14)33-23(24)25/h3-11,17,23H,27H2,1-2H3. The number of nitriles is 1. The van der Waals surface area contributed by atoms with Gasteiger partial charge < -0.3 is 19.9 Å². The zero-order chi connectivity index (χ0) is 24.1. The number of hydrogen-bond acceptors (Lipinski definition) is 8. The second-order valence-electron chi connectivity index (χ2n) is 6.71.